The van der Waals surface area contributed by atoms with Gasteiger partial charge in [0.25, 0.3) is 0 Å². The molecule has 4 saturated carbocycles. The van der Waals surface area contributed by atoms with Gasteiger partial charge in [-0.3, -0.25) is 0 Å². The molecule has 7 heteroatoms. The molecular formula is C49H37N3O3S. The van der Waals surface area contributed by atoms with E-state index < -0.39 is 9.84 Å². The topological polar surface area (TPSA) is 86.0 Å². The Hall–Kier alpha value is -5.92. The molecule has 5 aliphatic rings. The molecule has 6 aromatic carbocycles. The van der Waals surface area contributed by atoms with Crippen LogP contribution in [0.25, 0.3) is 67.2 Å². The largest absolute Gasteiger partial charge is 0.455 e. The van der Waals surface area contributed by atoms with Gasteiger partial charge in [0.05, 0.1) is 9.79 Å². The number of para-hydroxylation sites is 2. The normalized spacial score (nSPS) is 24.1. The summed E-state index contributed by atoms with van der Waals surface area (Å²) in [5.41, 5.74) is 7.94. The molecule has 0 amide bonds. The molecule has 13 rings (SSSR count). The number of sulfone groups is 1. The van der Waals surface area contributed by atoms with Gasteiger partial charge in [-0.1, -0.05) is 109 Å². The highest BCUT2D eigenvalue weighted by Gasteiger charge is 2.62. The van der Waals surface area contributed by atoms with Gasteiger partial charge in [-0.05, 0) is 103 Å². The second kappa shape index (κ2) is 11.8. The van der Waals surface area contributed by atoms with Gasteiger partial charge >= 0.3 is 0 Å². The Bertz CT molecular complexity index is 2980. The molecule has 4 bridgehead atoms. The minimum atomic E-state index is -3.72. The molecule has 4 fully saturated rings. The van der Waals surface area contributed by atoms with Crippen molar-refractivity contribution in [3.63, 3.8) is 0 Å². The van der Waals surface area contributed by atoms with E-state index in [1.165, 1.54) is 6.42 Å². The van der Waals surface area contributed by atoms with E-state index in [-0.39, 0.29) is 5.41 Å². The summed E-state index contributed by atoms with van der Waals surface area (Å²) in [6.07, 6.45) is 5.93. The molecule has 2 aromatic heterocycles. The zero-order valence-electron chi connectivity index (χ0n) is 30.6. The van der Waals surface area contributed by atoms with Crippen LogP contribution in [0.15, 0.2) is 154 Å². The first-order valence-electron chi connectivity index (χ1n) is 19.8. The van der Waals surface area contributed by atoms with Crippen molar-refractivity contribution in [1.82, 2.24) is 15.0 Å². The SMILES string of the molecule is O=S1(=O)c2ccccc2C2(c3cc(-c4nc(-c5ccccc5)nc(-c5ccc(-c6cccc7c6oc6ccccc67)cc5)n4)ccc31)C1CC3CC(C1)CC2C3. The van der Waals surface area contributed by atoms with Crippen LogP contribution in [0.1, 0.15) is 43.2 Å². The summed E-state index contributed by atoms with van der Waals surface area (Å²) >= 11 is 0. The van der Waals surface area contributed by atoms with Gasteiger partial charge in [0.1, 0.15) is 11.2 Å². The van der Waals surface area contributed by atoms with Crippen LogP contribution in [0.4, 0.5) is 0 Å². The van der Waals surface area contributed by atoms with Crippen molar-refractivity contribution in [2.75, 3.05) is 0 Å². The maximum absolute atomic E-state index is 14.4. The Morgan fingerprint density at radius 2 is 1.07 bits per heavy atom. The van der Waals surface area contributed by atoms with E-state index in [2.05, 4.69) is 60.7 Å². The molecule has 56 heavy (non-hydrogen) atoms. The lowest BCUT2D eigenvalue weighted by molar-refractivity contribution is -0.0446. The second-order valence-corrected chi connectivity index (χ2v) is 18.3. The molecule has 6 nitrogen and oxygen atoms in total. The average molecular weight is 748 g/mol. The fraction of sp³-hybridized carbons (Fsp3) is 0.204. The zero-order chi connectivity index (χ0) is 37.2. The Labute approximate surface area is 325 Å². The van der Waals surface area contributed by atoms with Gasteiger partial charge in [-0.2, -0.15) is 0 Å². The van der Waals surface area contributed by atoms with E-state index in [4.69, 9.17) is 19.4 Å². The molecule has 3 heterocycles. The summed E-state index contributed by atoms with van der Waals surface area (Å²) < 4.78 is 35.2. The average Bonchev–Trinajstić information content (AvgIpc) is 3.63. The lowest BCUT2D eigenvalue weighted by Gasteiger charge is -2.63. The number of fused-ring (bicyclic) bond motifs is 5. The molecule has 1 spiro atoms. The van der Waals surface area contributed by atoms with Crippen LogP contribution in [-0.2, 0) is 15.3 Å². The Kier molecular flexibility index (Phi) is 6.81. The van der Waals surface area contributed by atoms with E-state index in [0.29, 0.717) is 39.1 Å². The highest BCUT2D eigenvalue weighted by Crippen LogP contribution is 2.68. The van der Waals surface area contributed by atoms with E-state index in [9.17, 15) is 8.42 Å². The van der Waals surface area contributed by atoms with Crippen molar-refractivity contribution in [3.8, 4) is 45.3 Å². The van der Waals surface area contributed by atoms with Crippen LogP contribution < -0.4 is 0 Å². The lowest BCUT2D eigenvalue weighted by Crippen LogP contribution is -2.57. The summed E-state index contributed by atoms with van der Waals surface area (Å²) in [4.78, 5) is 16.2. The smallest absolute Gasteiger partial charge is 0.207 e. The first kappa shape index (κ1) is 32.3. The van der Waals surface area contributed by atoms with Crippen LogP contribution in [0.3, 0.4) is 0 Å². The molecule has 0 saturated heterocycles. The summed E-state index contributed by atoms with van der Waals surface area (Å²) in [6, 6.07) is 46.5. The van der Waals surface area contributed by atoms with Crippen molar-refractivity contribution < 1.29 is 12.8 Å². The maximum Gasteiger partial charge on any atom is 0.207 e. The highest BCUT2D eigenvalue weighted by molar-refractivity contribution is 7.91. The van der Waals surface area contributed by atoms with Crippen molar-refractivity contribution in [2.24, 2.45) is 23.7 Å². The van der Waals surface area contributed by atoms with Crippen molar-refractivity contribution in [3.05, 3.63) is 151 Å². The number of furan rings is 1. The van der Waals surface area contributed by atoms with Gasteiger partial charge < -0.3 is 4.42 Å². The number of aromatic nitrogens is 3. The summed E-state index contributed by atoms with van der Waals surface area (Å²) in [7, 11) is -3.72. The molecule has 1 aliphatic heterocycles. The fourth-order valence-corrected chi connectivity index (χ4v) is 13.2. The predicted octanol–water partition coefficient (Wildman–Crippen LogP) is 11.3. The second-order valence-electron chi connectivity index (χ2n) is 16.4. The van der Waals surface area contributed by atoms with Crippen molar-refractivity contribution >= 4 is 31.8 Å². The van der Waals surface area contributed by atoms with Gasteiger partial charge in [-0.25, -0.2) is 23.4 Å². The van der Waals surface area contributed by atoms with E-state index in [0.717, 1.165) is 98.4 Å². The molecule has 0 N–H and O–H groups in total. The Morgan fingerprint density at radius 1 is 0.500 bits per heavy atom. The van der Waals surface area contributed by atoms with E-state index in [1.54, 1.807) is 0 Å². The van der Waals surface area contributed by atoms with Crippen LogP contribution in [0, 0.1) is 23.7 Å². The van der Waals surface area contributed by atoms with Crippen LogP contribution in [-0.4, -0.2) is 23.4 Å². The standard InChI is InChI=1S/C49H37N3O3S/c53-56(54)43-16-7-5-14-40(43)49(35-24-29-23-30(26-35)27-36(49)25-29)41-28-34(21-22-44(41)56)48-51-46(32-9-2-1-3-10-32)50-47(52-48)33-19-17-31(18-20-33)37-12-8-13-39-38-11-4-6-15-42(38)55-45(37)39/h1-22,28-30,35-36H,23-27H2. The third-order valence-electron chi connectivity index (χ3n) is 13.5. The number of hydrogen-bond donors (Lipinski definition) is 0. The molecular weight excluding hydrogens is 711 g/mol. The number of rotatable bonds is 4. The van der Waals surface area contributed by atoms with E-state index in [1.807, 2.05) is 78.9 Å². The lowest BCUT2D eigenvalue weighted by atomic mass is 9.42. The highest BCUT2D eigenvalue weighted by atomic mass is 32.2. The monoisotopic (exact) mass is 747 g/mol. The number of nitrogens with zero attached hydrogens (tertiary/aromatic N) is 3. The minimum Gasteiger partial charge on any atom is -0.455 e. The molecule has 272 valence electrons. The maximum atomic E-state index is 14.4. The van der Waals surface area contributed by atoms with Crippen LogP contribution in [0.2, 0.25) is 0 Å². The van der Waals surface area contributed by atoms with Crippen molar-refractivity contribution in [1.29, 1.82) is 0 Å². The predicted molar refractivity (Wildman–Crippen MR) is 219 cm³/mol. The third-order valence-corrected chi connectivity index (χ3v) is 15.4. The minimum absolute atomic E-state index is 0.350. The number of hydrogen-bond acceptors (Lipinski definition) is 6. The Balaban J connectivity index is 1.01. The quantitative estimate of drug-likeness (QED) is 0.178. The van der Waals surface area contributed by atoms with Gasteiger partial charge in [0.15, 0.2) is 17.5 Å². The molecule has 0 unspecified atom stereocenters. The zero-order valence-corrected chi connectivity index (χ0v) is 31.4. The molecule has 8 aromatic rings. The summed E-state index contributed by atoms with van der Waals surface area (Å²) in [6.45, 7) is 0. The molecule has 0 radical (unpaired) electrons. The van der Waals surface area contributed by atoms with Gasteiger partial charge in [-0.15, -0.1) is 0 Å². The van der Waals surface area contributed by atoms with Gasteiger partial charge in [0.2, 0.25) is 9.84 Å². The van der Waals surface area contributed by atoms with Crippen LogP contribution in [0.5, 0.6) is 0 Å². The Morgan fingerprint density at radius 3 is 1.82 bits per heavy atom. The summed E-state index contributed by atoms with van der Waals surface area (Å²) in [5.74, 6) is 3.94. The number of benzene rings is 6. The first-order chi connectivity index (χ1) is 27.4. The van der Waals surface area contributed by atoms with Crippen molar-refractivity contribution in [2.45, 2.75) is 47.3 Å². The van der Waals surface area contributed by atoms with Gasteiger partial charge in [0, 0.05) is 38.4 Å². The molecule has 4 aliphatic carbocycles. The fourth-order valence-electron chi connectivity index (χ4n) is 11.5. The van der Waals surface area contributed by atoms with E-state index >= 15 is 0 Å². The van der Waals surface area contributed by atoms with Crippen LogP contribution >= 0.6 is 0 Å². The molecule has 0 atom stereocenters. The first-order valence-corrected chi connectivity index (χ1v) is 21.3. The third kappa shape index (κ3) is 4.55. The summed E-state index contributed by atoms with van der Waals surface area (Å²) in [5, 5.41) is 2.19.